The topological polar surface area (TPSA) is 72.9 Å². The predicted octanol–water partition coefficient (Wildman–Crippen LogP) is 7.06. The molecule has 0 unspecified atom stereocenters. The second-order valence-corrected chi connectivity index (χ2v) is 8.99. The Morgan fingerprint density at radius 3 is 2.38 bits per heavy atom. The summed E-state index contributed by atoms with van der Waals surface area (Å²) in [4.78, 5) is 16.8. The van der Waals surface area contributed by atoms with Gasteiger partial charge in [-0.2, -0.15) is 0 Å². The fourth-order valence-corrected chi connectivity index (χ4v) is 4.79. The molecule has 0 atom stereocenters. The standard InChI is InChI=1S/C29H32N6.C2H6/c1-3-9-22(4-2)25-15-16-26-29(32-25)35(28(33-26)24-10-8-17-31-27(24)30)23-13-11-21(12-14-23)20-34-18-6-5-7-19-34;1-2/h3-4,8-17H,5-7,18-20H2,1-2H3,(H2,30,31);1-2H3/b9-3-,22-4+;. The molecule has 37 heavy (non-hydrogen) atoms. The number of pyridine rings is 2. The van der Waals surface area contributed by atoms with E-state index in [1.54, 1.807) is 6.20 Å². The molecule has 4 aromatic rings. The number of likely N-dealkylation sites (tertiary alicyclic amines) is 1. The number of hydrogen-bond donors (Lipinski definition) is 1. The molecule has 0 radical (unpaired) electrons. The van der Waals surface area contributed by atoms with Gasteiger partial charge in [-0.05, 0) is 87.3 Å². The molecule has 1 aliphatic heterocycles. The minimum atomic E-state index is 0.453. The normalized spacial score (nSPS) is 14.6. The lowest BCUT2D eigenvalue weighted by atomic mass is 10.1. The first-order valence-electron chi connectivity index (χ1n) is 13.4. The van der Waals surface area contributed by atoms with Gasteiger partial charge < -0.3 is 5.73 Å². The van der Waals surface area contributed by atoms with Crippen LogP contribution in [0.25, 0.3) is 33.8 Å². The molecular formula is C31H38N6. The number of rotatable bonds is 6. The van der Waals surface area contributed by atoms with Crippen molar-refractivity contribution in [2.24, 2.45) is 0 Å². The van der Waals surface area contributed by atoms with Gasteiger partial charge in [-0.3, -0.25) is 9.47 Å². The van der Waals surface area contributed by atoms with E-state index < -0.39 is 0 Å². The number of benzene rings is 1. The quantitative estimate of drug-likeness (QED) is 0.291. The molecule has 5 rings (SSSR count). The maximum atomic E-state index is 6.28. The number of allylic oxidation sites excluding steroid dienone is 4. The molecule has 0 saturated carbocycles. The van der Waals surface area contributed by atoms with Crippen molar-refractivity contribution in [1.82, 2.24) is 24.4 Å². The van der Waals surface area contributed by atoms with Crippen LogP contribution in [-0.4, -0.2) is 37.5 Å². The Morgan fingerprint density at radius 1 is 0.946 bits per heavy atom. The number of anilines is 1. The molecule has 0 amide bonds. The van der Waals surface area contributed by atoms with E-state index in [4.69, 9.17) is 15.7 Å². The highest BCUT2D eigenvalue weighted by Crippen LogP contribution is 2.31. The Balaban J connectivity index is 0.00000156. The van der Waals surface area contributed by atoms with Crippen molar-refractivity contribution in [2.75, 3.05) is 18.8 Å². The van der Waals surface area contributed by atoms with Crippen molar-refractivity contribution in [2.45, 2.75) is 53.5 Å². The first-order valence-corrected chi connectivity index (χ1v) is 13.4. The highest BCUT2D eigenvalue weighted by Gasteiger charge is 2.19. The van der Waals surface area contributed by atoms with Crippen LogP contribution in [0.15, 0.2) is 73.0 Å². The van der Waals surface area contributed by atoms with E-state index in [0.29, 0.717) is 5.82 Å². The molecule has 4 heterocycles. The van der Waals surface area contributed by atoms with Gasteiger partial charge in [0.25, 0.3) is 0 Å². The van der Waals surface area contributed by atoms with Crippen molar-refractivity contribution in [3.63, 3.8) is 0 Å². The summed E-state index contributed by atoms with van der Waals surface area (Å²) in [5.41, 5.74) is 13.0. The van der Waals surface area contributed by atoms with Gasteiger partial charge in [-0.25, -0.2) is 15.0 Å². The van der Waals surface area contributed by atoms with Crippen LogP contribution in [-0.2, 0) is 6.54 Å². The minimum Gasteiger partial charge on any atom is -0.383 e. The van der Waals surface area contributed by atoms with Gasteiger partial charge in [0.2, 0.25) is 0 Å². The lowest BCUT2D eigenvalue weighted by Crippen LogP contribution is -2.29. The van der Waals surface area contributed by atoms with Gasteiger partial charge in [0.15, 0.2) is 11.5 Å². The van der Waals surface area contributed by atoms with Gasteiger partial charge >= 0.3 is 0 Å². The van der Waals surface area contributed by atoms with Crippen LogP contribution < -0.4 is 5.73 Å². The van der Waals surface area contributed by atoms with Crippen LogP contribution in [0.2, 0.25) is 0 Å². The molecule has 192 valence electrons. The molecule has 2 N–H and O–H groups in total. The highest BCUT2D eigenvalue weighted by molar-refractivity contribution is 5.85. The number of nitrogens with two attached hydrogens (primary N) is 1. The maximum absolute atomic E-state index is 6.28. The molecule has 0 bridgehead atoms. The summed E-state index contributed by atoms with van der Waals surface area (Å²) in [6, 6.07) is 16.7. The van der Waals surface area contributed by atoms with Crippen molar-refractivity contribution in [3.05, 3.63) is 84.2 Å². The minimum absolute atomic E-state index is 0.453. The van der Waals surface area contributed by atoms with E-state index in [-0.39, 0.29) is 0 Å². The lowest BCUT2D eigenvalue weighted by Gasteiger charge is -2.26. The fourth-order valence-electron chi connectivity index (χ4n) is 4.79. The molecule has 1 saturated heterocycles. The molecule has 3 aromatic heterocycles. The van der Waals surface area contributed by atoms with Crippen LogP contribution in [0, 0.1) is 0 Å². The van der Waals surface area contributed by atoms with Gasteiger partial charge in [-0.15, -0.1) is 0 Å². The Kier molecular flexibility index (Phi) is 8.86. The predicted molar refractivity (Wildman–Crippen MR) is 155 cm³/mol. The lowest BCUT2D eigenvalue weighted by molar-refractivity contribution is 0.221. The van der Waals surface area contributed by atoms with E-state index in [9.17, 15) is 0 Å². The van der Waals surface area contributed by atoms with Gasteiger partial charge in [-0.1, -0.05) is 50.6 Å². The molecule has 6 heteroatoms. The first kappa shape index (κ1) is 26.3. The van der Waals surface area contributed by atoms with E-state index in [2.05, 4.69) is 50.9 Å². The number of nitrogen functional groups attached to an aromatic ring is 1. The van der Waals surface area contributed by atoms with Gasteiger partial charge in [0, 0.05) is 18.4 Å². The zero-order valence-corrected chi connectivity index (χ0v) is 22.5. The number of nitrogens with zero attached hydrogens (tertiary/aromatic N) is 5. The number of piperidine rings is 1. The summed E-state index contributed by atoms with van der Waals surface area (Å²) in [5, 5.41) is 0. The SMILES string of the molecule is C/C=C\C(=C/C)c1ccc2nc(-c3cccnc3N)n(-c3ccc(CN4CCCCC4)cc3)c2n1.CC. The molecule has 1 fully saturated rings. The molecule has 1 aromatic carbocycles. The third-order valence-electron chi connectivity index (χ3n) is 6.59. The second-order valence-electron chi connectivity index (χ2n) is 8.99. The largest absolute Gasteiger partial charge is 0.383 e. The van der Waals surface area contributed by atoms with Crippen LogP contribution in [0.3, 0.4) is 0 Å². The Hall–Kier alpha value is -3.77. The third-order valence-corrected chi connectivity index (χ3v) is 6.59. The zero-order chi connectivity index (χ0) is 26.2. The third kappa shape index (κ3) is 5.81. The van der Waals surface area contributed by atoms with Crippen molar-refractivity contribution >= 4 is 22.6 Å². The number of aromatic nitrogens is 4. The Labute approximate surface area is 220 Å². The molecular weight excluding hydrogens is 456 g/mol. The Morgan fingerprint density at radius 2 is 1.70 bits per heavy atom. The molecule has 0 spiro atoms. The van der Waals surface area contributed by atoms with Crippen LogP contribution >= 0.6 is 0 Å². The summed E-state index contributed by atoms with van der Waals surface area (Å²) in [6.45, 7) is 11.4. The van der Waals surface area contributed by atoms with Crippen molar-refractivity contribution in [3.8, 4) is 17.1 Å². The number of imidazole rings is 1. The molecule has 6 nitrogen and oxygen atoms in total. The van der Waals surface area contributed by atoms with E-state index in [1.165, 1.54) is 37.9 Å². The molecule has 0 aliphatic carbocycles. The summed E-state index contributed by atoms with van der Waals surface area (Å²) in [7, 11) is 0. The van der Waals surface area contributed by atoms with Gasteiger partial charge in [0.05, 0.1) is 11.3 Å². The smallest absolute Gasteiger partial charge is 0.165 e. The Bertz CT molecular complexity index is 1370. The summed E-state index contributed by atoms with van der Waals surface area (Å²) in [5.74, 6) is 1.20. The van der Waals surface area contributed by atoms with Crippen LogP contribution in [0.1, 0.15) is 58.2 Å². The second kappa shape index (κ2) is 12.5. The fraction of sp³-hybridized carbons (Fsp3) is 0.323. The summed E-state index contributed by atoms with van der Waals surface area (Å²) >= 11 is 0. The summed E-state index contributed by atoms with van der Waals surface area (Å²) in [6.07, 6.45) is 11.8. The maximum Gasteiger partial charge on any atom is 0.165 e. The van der Waals surface area contributed by atoms with E-state index in [0.717, 1.165) is 46.1 Å². The van der Waals surface area contributed by atoms with Crippen molar-refractivity contribution in [1.29, 1.82) is 0 Å². The van der Waals surface area contributed by atoms with E-state index >= 15 is 0 Å². The van der Waals surface area contributed by atoms with Crippen LogP contribution in [0.4, 0.5) is 5.82 Å². The average Bonchev–Trinajstić information content (AvgIpc) is 3.32. The molecule has 1 aliphatic rings. The zero-order valence-electron chi connectivity index (χ0n) is 22.5. The van der Waals surface area contributed by atoms with Crippen LogP contribution in [0.5, 0.6) is 0 Å². The average molecular weight is 495 g/mol. The monoisotopic (exact) mass is 494 g/mol. The van der Waals surface area contributed by atoms with E-state index in [1.807, 2.05) is 58.0 Å². The van der Waals surface area contributed by atoms with Gasteiger partial charge in [0.1, 0.15) is 11.3 Å². The van der Waals surface area contributed by atoms with Crippen molar-refractivity contribution < 1.29 is 0 Å². The highest BCUT2D eigenvalue weighted by atomic mass is 15.1. The summed E-state index contributed by atoms with van der Waals surface area (Å²) < 4.78 is 2.10. The number of hydrogen-bond acceptors (Lipinski definition) is 5. The number of fused-ring (bicyclic) bond motifs is 1. The first-order chi connectivity index (χ1) is 18.2.